The highest BCUT2D eigenvalue weighted by molar-refractivity contribution is 5.89. The summed E-state index contributed by atoms with van der Waals surface area (Å²) in [6, 6.07) is 14.9. The molecule has 6 heteroatoms. The molecule has 0 aliphatic heterocycles. The van der Waals surface area contributed by atoms with E-state index in [1.54, 1.807) is 24.3 Å². The Hall–Kier alpha value is -3.15. The fourth-order valence-electron chi connectivity index (χ4n) is 2.17. The van der Waals surface area contributed by atoms with Crippen molar-refractivity contribution in [2.75, 3.05) is 12.4 Å². The third-order valence-corrected chi connectivity index (χ3v) is 3.53. The number of carbonyl (C=O) groups excluding carboxylic acids is 1. The third kappa shape index (κ3) is 3.60. The van der Waals surface area contributed by atoms with Crippen LogP contribution in [-0.4, -0.2) is 23.2 Å². The number of aromatic nitrogens is 2. The number of hydrogen-bond donors (Lipinski definition) is 1. The van der Waals surface area contributed by atoms with Gasteiger partial charge in [0.25, 0.3) is 0 Å². The van der Waals surface area contributed by atoms with Crippen molar-refractivity contribution in [1.29, 1.82) is 0 Å². The molecule has 0 amide bonds. The maximum atomic E-state index is 11.4. The van der Waals surface area contributed by atoms with Gasteiger partial charge in [-0.25, -0.2) is 4.79 Å². The highest BCUT2D eigenvalue weighted by Crippen LogP contribution is 2.17. The van der Waals surface area contributed by atoms with Gasteiger partial charge in [-0.15, -0.1) is 0 Å². The largest absolute Gasteiger partial charge is 0.465 e. The number of nitrogens with one attached hydrogen (secondary N) is 1. The van der Waals surface area contributed by atoms with Crippen LogP contribution < -0.4 is 5.32 Å². The van der Waals surface area contributed by atoms with Gasteiger partial charge in [0.1, 0.15) is 0 Å². The maximum Gasteiger partial charge on any atom is 0.337 e. The van der Waals surface area contributed by atoms with E-state index in [0.29, 0.717) is 23.8 Å². The minimum Gasteiger partial charge on any atom is -0.465 e. The van der Waals surface area contributed by atoms with E-state index in [0.717, 1.165) is 11.3 Å². The van der Waals surface area contributed by atoms with Gasteiger partial charge >= 0.3 is 5.97 Å². The molecule has 0 aliphatic carbocycles. The van der Waals surface area contributed by atoms with E-state index >= 15 is 0 Å². The molecule has 0 fully saturated rings. The Labute approximate surface area is 139 Å². The van der Waals surface area contributed by atoms with Gasteiger partial charge < -0.3 is 14.6 Å². The second-order valence-electron chi connectivity index (χ2n) is 5.30. The summed E-state index contributed by atoms with van der Waals surface area (Å²) in [4.78, 5) is 15.8. The van der Waals surface area contributed by atoms with Crippen LogP contribution in [-0.2, 0) is 11.3 Å². The SMILES string of the molecule is COC(=O)c1ccc(NCc2nc(-c3ccc(C)cc3)no2)cc1. The number of aryl methyl sites for hydroxylation is 1. The summed E-state index contributed by atoms with van der Waals surface area (Å²) in [5, 5.41) is 7.16. The van der Waals surface area contributed by atoms with Crippen LogP contribution in [0, 0.1) is 6.92 Å². The number of hydrogen-bond acceptors (Lipinski definition) is 6. The summed E-state index contributed by atoms with van der Waals surface area (Å²) in [5.74, 6) is 0.691. The van der Waals surface area contributed by atoms with E-state index < -0.39 is 0 Å². The van der Waals surface area contributed by atoms with E-state index in [9.17, 15) is 4.79 Å². The Morgan fingerprint density at radius 3 is 2.50 bits per heavy atom. The van der Waals surface area contributed by atoms with Crippen molar-refractivity contribution in [3.8, 4) is 11.4 Å². The van der Waals surface area contributed by atoms with Gasteiger partial charge in [0.15, 0.2) is 0 Å². The van der Waals surface area contributed by atoms with Crippen LogP contribution in [0.5, 0.6) is 0 Å². The number of esters is 1. The molecular weight excluding hydrogens is 306 g/mol. The first kappa shape index (κ1) is 15.7. The van der Waals surface area contributed by atoms with E-state index in [1.165, 1.54) is 12.7 Å². The first-order chi connectivity index (χ1) is 11.7. The van der Waals surface area contributed by atoms with Crippen molar-refractivity contribution in [3.63, 3.8) is 0 Å². The van der Waals surface area contributed by atoms with E-state index in [2.05, 4.69) is 20.2 Å². The molecule has 3 rings (SSSR count). The molecule has 24 heavy (non-hydrogen) atoms. The summed E-state index contributed by atoms with van der Waals surface area (Å²) in [7, 11) is 1.36. The molecule has 122 valence electrons. The van der Waals surface area contributed by atoms with Gasteiger partial charge in [0, 0.05) is 11.3 Å². The highest BCUT2D eigenvalue weighted by atomic mass is 16.5. The molecule has 1 heterocycles. The molecule has 1 aromatic heterocycles. The third-order valence-electron chi connectivity index (χ3n) is 3.53. The van der Waals surface area contributed by atoms with E-state index in [1.807, 2.05) is 31.2 Å². The van der Waals surface area contributed by atoms with E-state index in [-0.39, 0.29) is 5.97 Å². The van der Waals surface area contributed by atoms with Crippen LogP contribution in [0.15, 0.2) is 53.1 Å². The molecule has 0 aliphatic rings. The minimum absolute atomic E-state index is 0.360. The predicted molar refractivity (Wildman–Crippen MR) is 89.6 cm³/mol. The molecule has 1 N–H and O–H groups in total. The quantitative estimate of drug-likeness (QED) is 0.725. The Morgan fingerprint density at radius 2 is 1.83 bits per heavy atom. The molecule has 3 aromatic rings. The summed E-state index contributed by atoms with van der Waals surface area (Å²) < 4.78 is 9.92. The van der Waals surface area contributed by atoms with Crippen LogP contribution in [0.2, 0.25) is 0 Å². The van der Waals surface area contributed by atoms with Crippen molar-refractivity contribution in [1.82, 2.24) is 10.1 Å². The summed E-state index contributed by atoms with van der Waals surface area (Å²) >= 11 is 0. The normalized spacial score (nSPS) is 10.4. The Bertz CT molecular complexity index is 823. The van der Waals surface area contributed by atoms with Crippen LogP contribution in [0.1, 0.15) is 21.8 Å². The average molecular weight is 323 g/mol. The number of methoxy groups -OCH3 is 1. The minimum atomic E-state index is -0.360. The molecule has 0 spiro atoms. The smallest absolute Gasteiger partial charge is 0.337 e. The lowest BCUT2D eigenvalue weighted by Gasteiger charge is -2.04. The molecule has 0 saturated heterocycles. The monoisotopic (exact) mass is 323 g/mol. The summed E-state index contributed by atoms with van der Waals surface area (Å²) in [6.45, 7) is 2.43. The molecule has 0 saturated carbocycles. The number of benzene rings is 2. The van der Waals surface area contributed by atoms with Gasteiger partial charge in [-0.3, -0.25) is 0 Å². The Morgan fingerprint density at radius 1 is 1.12 bits per heavy atom. The zero-order chi connectivity index (χ0) is 16.9. The molecule has 6 nitrogen and oxygen atoms in total. The molecule has 0 atom stereocenters. The Kier molecular flexibility index (Phi) is 4.56. The second kappa shape index (κ2) is 6.95. The highest BCUT2D eigenvalue weighted by Gasteiger charge is 2.09. The fourth-order valence-corrected chi connectivity index (χ4v) is 2.17. The molecule has 0 radical (unpaired) electrons. The van der Waals surface area contributed by atoms with Gasteiger partial charge in [0.05, 0.1) is 19.2 Å². The molecule has 0 unspecified atom stereocenters. The predicted octanol–water partition coefficient (Wildman–Crippen LogP) is 3.44. The Balaban J connectivity index is 1.63. The molecular formula is C18H17N3O3. The topological polar surface area (TPSA) is 77.2 Å². The van der Waals surface area contributed by atoms with Gasteiger partial charge in [-0.2, -0.15) is 4.98 Å². The fraction of sp³-hybridized carbons (Fsp3) is 0.167. The number of ether oxygens (including phenoxy) is 1. The van der Waals surface area contributed by atoms with Gasteiger partial charge in [0.2, 0.25) is 11.7 Å². The van der Waals surface area contributed by atoms with Crippen molar-refractivity contribution < 1.29 is 14.1 Å². The number of carbonyl (C=O) groups is 1. The lowest BCUT2D eigenvalue weighted by atomic mass is 10.1. The first-order valence-corrected chi connectivity index (χ1v) is 7.47. The lowest BCUT2D eigenvalue weighted by molar-refractivity contribution is 0.0601. The van der Waals surface area contributed by atoms with Crippen molar-refractivity contribution in [2.24, 2.45) is 0 Å². The van der Waals surface area contributed by atoms with E-state index in [4.69, 9.17) is 4.52 Å². The first-order valence-electron chi connectivity index (χ1n) is 7.47. The maximum absolute atomic E-state index is 11.4. The van der Waals surface area contributed by atoms with Crippen molar-refractivity contribution >= 4 is 11.7 Å². The van der Waals surface area contributed by atoms with Crippen molar-refractivity contribution in [2.45, 2.75) is 13.5 Å². The van der Waals surface area contributed by atoms with Crippen molar-refractivity contribution in [3.05, 3.63) is 65.5 Å². The van der Waals surface area contributed by atoms with Crippen LogP contribution in [0.25, 0.3) is 11.4 Å². The van der Waals surface area contributed by atoms with Crippen LogP contribution in [0.3, 0.4) is 0 Å². The lowest BCUT2D eigenvalue weighted by Crippen LogP contribution is -2.03. The summed E-state index contributed by atoms with van der Waals surface area (Å²) in [6.07, 6.45) is 0. The average Bonchev–Trinajstić information content (AvgIpc) is 3.09. The zero-order valence-corrected chi connectivity index (χ0v) is 13.4. The summed E-state index contributed by atoms with van der Waals surface area (Å²) in [5.41, 5.74) is 3.44. The molecule has 2 aromatic carbocycles. The van der Waals surface area contributed by atoms with Gasteiger partial charge in [-0.1, -0.05) is 35.0 Å². The second-order valence-corrected chi connectivity index (χ2v) is 5.30. The van der Waals surface area contributed by atoms with Crippen LogP contribution >= 0.6 is 0 Å². The molecule has 0 bridgehead atoms. The van der Waals surface area contributed by atoms with Gasteiger partial charge in [-0.05, 0) is 31.2 Å². The number of nitrogens with zero attached hydrogens (tertiary/aromatic N) is 2. The zero-order valence-electron chi connectivity index (χ0n) is 13.4. The van der Waals surface area contributed by atoms with Crippen LogP contribution in [0.4, 0.5) is 5.69 Å². The number of anilines is 1. The standard InChI is InChI=1S/C18H17N3O3/c1-12-3-5-13(6-4-12)17-20-16(24-21-17)11-19-15-9-7-14(8-10-15)18(22)23-2/h3-10,19H,11H2,1-2H3. The number of rotatable bonds is 5.